The van der Waals surface area contributed by atoms with Gasteiger partial charge in [-0.25, -0.2) is 4.68 Å². The van der Waals surface area contributed by atoms with Gasteiger partial charge < -0.3 is 19.5 Å². The van der Waals surface area contributed by atoms with Crippen LogP contribution >= 0.6 is 0 Å². The Kier molecular flexibility index (Phi) is 7.96. The number of ether oxygens (including phenoxy) is 3. The average molecular weight is 572 g/mol. The van der Waals surface area contributed by atoms with Crippen LogP contribution in [0.5, 0.6) is 17.2 Å². The molecule has 0 spiro atoms. The number of aryl methyl sites for hydroxylation is 3. The van der Waals surface area contributed by atoms with Gasteiger partial charge in [0, 0.05) is 11.6 Å². The molecular formula is C30H33N7O5. The number of benzene rings is 2. The molecule has 5 rings (SSSR count). The van der Waals surface area contributed by atoms with E-state index in [2.05, 4.69) is 20.5 Å². The van der Waals surface area contributed by atoms with Crippen LogP contribution in [0.4, 0.5) is 5.82 Å². The van der Waals surface area contributed by atoms with Crippen molar-refractivity contribution in [2.45, 2.75) is 41.5 Å². The van der Waals surface area contributed by atoms with E-state index in [1.54, 1.807) is 29.8 Å². The van der Waals surface area contributed by atoms with E-state index in [0.717, 1.165) is 16.8 Å². The van der Waals surface area contributed by atoms with Crippen LogP contribution in [0.3, 0.4) is 0 Å². The number of carbonyl (C=O) groups excluding carboxylic acids is 1. The zero-order valence-electron chi connectivity index (χ0n) is 24.4. The van der Waals surface area contributed by atoms with Crippen LogP contribution in [0.15, 0.2) is 47.4 Å². The Balaban J connectivity index is 1.54. The van der Waals surface area contributed by atoms with Gasteiger partial charge in [0.1, 0.15) is 11.2 Å². The Labute approximate surface area is 242 Å². The van der Waals surface area contributed by atoms with Crippen molar-refractivity contribution in [1.29, 1.82) is 0 Å². The zero-order valence-corrected chi connectivity index (χ0v) is 24.4. The van der Waals surface area contributed by atoms with Gasteiger partial charge in [0.15, 0.2) is 17.1 Å². The van der Waals surface area contributed by atoms with Crippen LogP contribution in [0.1, 0.15) is 48.0 Å². The second-order valence-corrected chi connectivity index (χ2v) is 9.59. The van der Waals surface area contributed by atoms with E-state index in [4.69, 9.17) is 19.2 Å². The Morgan fingerprint density at radius 2 is 1.60 bits per heavy atom. The molecule has 2 aromatic carbocycles. The van der Waals surface area contributed by atoms with Gasteiger partial charge in [-0.15, -0.1) is 0 Å². The average Bonchev–Trinajstić information content (AvgIpc) is 3.55. The molecule has 0 aliphatic heterocycles. The van der Waals surface area contributed by atoms with Crippen molar-refractivity contribution in [2.75, 3.05) is 25.1 Å². The SMILES string of the molecule is CCOc1cc(C(=O)Nc2cc(C)nn2-c2nc3c(cnn3-c3ccc(C)c(C)c3)c(=O)[nH]2)cc(OCC)c1OCC. The Morgan fingerprint density at radius 1 is 0.905 bits per heavy atom. The van der Waals surface area contributed by atoms with E-state index in [0.29, 0.717) is 65.2 Å². The molecular weight excluding hydrogens is 538 g/mol. The summed E-state index contributed by atoms with van der Waals surface area (Å²) in [6, 6.07) is 10.8. The first kappa shape index (κ1) is 28.4. The summed E-state index contributed by atoms with van der Waals surface area (Å²) in [5, 5.41) is 12.1. The van der Waals surface area contributed by atoms with Crippen LogP contribution in [0.2, 0.25) is 0 Å². The van der Waals surface area contributed by atoms with E-state index in [1.807, 2.05) is 52.8 Å². The number of rotatable bonds is 10. The number of aromatic nitrogens is 6. The van der Waals surface area contributed by atoms with Crippen molar-refractivity contribution in [3.05, 3.63) is 75.3 Å². The molecule has 0 atom stereocenters. The molecule has 3 heterocycles. The number of nitrogens with zero attached hydrogens (tertiary/aromatic N) is 5. The zero-order chi connectivity index (χ0) is 30.0. The van der Waals surface area contributed by atoms with Crippen molar-refractivity contribution in [1.82, 2.24) is 29.5 Å². The highest BCUT2D eigenvalue weighted by molar-refractivity contribution is 6.04. The van der Waals surface area contributed by atoms with Gasteiger partial charge in [0.25, 0.3) is 11.5 Å². The van der Waals surface area contributed by atoms with Gasteiger partial charge in [-0.2, -0.15) is 19.9 Å². The number of aromatic amines is 1. The third-order valence-corrected chi connectivity index (χ3v) is 6.61. The minimum Gasteiger partial charge on any atom is -0.490 e. The summed E-state index contributed by atoms with van der Waals surface area (Å²) in [5.74, 6) is 1.23. The molecule has 0 fully saturated rings. The maximum atomic E-state index is 13.5. The maximum Gasteiger partial charge on any atom is 0.263 e. The lowest BCUT2D eigenvalue weighted by Crippen LogP contribution is -2.19. The molecule has 3 aromatic heterocycles. The van der Waals surface area contributed by atoms with Gasteiger partial charge in [0.2, 0.25) is 11.7 Å². The molecule has 2 N–H and O–H groups in total. The number of carbonyl (C=O) groups is 1. The number of amides is 1. The Hall–Kier alpha value is -5.13. The number of anilines is 1. The predicted octanol–water partition coefficient (Wildman–Crippen LogP) is 4.67. The lowest BCUT2D eigenvalue weighted by atomic mass is 10.1. The molecule has 1 amide bonds. The normalized spacial score (nSPS) is 11.1. The summed E-state index contributed by atoms with van der Waals surface area (Å²) >= 11 is 0. The second-order valence-electron chi connectivity index (χ2n) is 9.59. The van der Waals surface area contributed by atoms with Crippen LogP contribution in [-0.4, -0.2) is 55.3 Å². The highest BCUT2D eigenvalue weighted by Crippen LogP contribution is 2.39. The molecule has 12 heteroatoms. The molecule has 0 aliphatic carbocycles. The number of fused-ring (bicyclic) bond motifs is 1. The predicted molar refractivity (Wildman–Crippen MR) is 159 cm³/mol. The first-order chi connectivity index (χ1) is 20.2. The summed E-state index contributed by atoms with van der Waals surface area (Å²) in [6.07, 6.45) is 1.48. The third-order valence-electron chi connectivity index (χ3n) is 6.61. The van der Waals surface area contributed by atoms with E-state index in [-0.39, 0.29) is 11.5 Å². The summed E-state index contributed by atoms with van der Waals surface area (Å²) in [4.78, 5) is 34.0. The largest absolute Gasteiger partial charge is 0.490 e. The number of hydrogen-bond donors (Lipinski definition) is 2. The van der Waals surface area contributed by atoms with Crippen molar-refractivity contribution in [3.8, 4) is 28.9 Å². The lowest BCUT2D eigenvalue weighted by molar-refractivity contribution is 0.102. The number of nitrogens with one attached hydrogen (secondary N) is 2. The van der Waals surface area contributed by atoms with Gasteiger partial charge in [0.05, 0.1) is 37.4 Å². The summed E-state index contributed by atoms with van der Waals surface area (Å²) in [7, 11) is 0. The highest BCUT2D eigenvalue weighted by atomic mass is 16.5. The Bertz CT molecular complexity index is 1810. The van der Waals surface area contributed by atoms with Gasteiger partial charge in [-0.05, 0) is 76.9 Å². The van der Waals surface area contributed by atoms with E-state index in [1.165, 1.54) is 10.9 Å². The summed E-state index contributed by atoms with van der Waals surface area (Å²) < 4.78 is 20.3. The fraction of sp³-hybridized carbons (Fsp3) is 0.300. The summed E-state index contributed by atoms with van der Waals surface area (Å²) in [6.45, 7) is 12.5. The van der Waals surface area contributed by atoms with Crippen molar-refractivity contribution >= 4 is 22.8 Å². The van der Waals surface area contributed by atoms with Crippen molar-refractivity contribution in [2.24, 2.45) is 0 Å². The van der Waals surface area contributed by atoms with E-state index < -0.39 is 5.91 Å². The first-order valence-corrected chi connectivity index (χ1v) is 13.7. The monoisotopic (exact) mass is 571 g/mol. The first-order valence-electron chi connectivity index (χ1n) is 13.7. The van der Waals surface area contributed by atoms with E-state index >= 15 is 0 Å². The van der Waals surface area contributed by atoms with Gasteiger partial charge >= 0.3 is 0 Å². The van der Waals surface area contributed by atoms with Gasteiger partial charge in [-0.1, -0.05) is 6.07 Å². The smallest absolute Gasteiger partial charge is 0.263 e. The quantitative estimate of drug-likeness (QED) is 0.247. The molecule has 0 radical (unpaired) electrons. The number of hydrogen-bond acceptors (Lipinski definition) is 8. The Morgan fingerprint density at radius 3 is 2.24 bits per heavy atom. The fourth-order valence-corrected chi connectivity index (χ4v) is 4.51. The fourth-order valence-electron chi connectivity index (χ4n) is 4.51. The van der Waals surface area contributed by atoms with Crippen LogP contribution < -0.4 is 25.1 Å². The molecule has 0 saturated carbocycles. The molecule has 218 valence electrons. The van der Waals surface area contributed by atoms with Crippen LogP contribution in [0, 0.1) is 20.8 Å². The molecule has 0 aliphatic rings. The molecule has 5 aromatic rings. The molecule has 0 saturated heterocycles. The topological polar surface area (TPSA) is 138 Å². The van der Waals surface area contributed by atoms with Gasteiger partial charge in [-0.3, -0.25) is 14.6 Å². The van der Waals surface area contributed by atoms with Crippen LogP contribution in [0.25, 0.3) is 22.7 Å². The van der Waals surface area contributed by atoms with Crippen molar-refractivity contribution in [3.63, 3.8) is 0 Å². The summed E-state index contributed by atoms with van der Waals surface area (Å²) in [5.41, 5.74) is 3.87. The minimum absolute atomic E-state index is 0.123. The van der Waals surface area contributed by atoms with E-state index in [9.17, 15) is 9.59 Å². The molecule has 42 heavy (non-hydrogen) atoms. The standard InChI is InChI=1S/C30H33N7O5/c1-7-40-23-14-20(15-24(41-8-2)26(23)42-9-3)28(38)32-25-13-19(6)35-37(25)30-33-27-22(29(39)34-30)16-31-36(27)21-11-10-17(4)18(5)12-21/h10-16H,7-9H2,1-6H3,(H,32,38)(H,33,34,39). The maximum absolute atomic E-state index is 13.5. The number of H-pyrrole nitrogens is 1. The lowest BCUT2D eigenvalue weighted by Gasteiger charge is -2.17. The third kappa shape index (κ3) is 5.42. The van der Waals surface area contributed by atoms with Crippen molar-refractivity contribution < 1.29 is 19.0 Å². The molecule has 0 unspecified atom stereocenters. The second kappa shape index (κ2) is 11.8. The molecule has 12 nitrogen and oxygen atoms in total. The highest BCUT2D eigenvalue weighted by Gasteiger charge is 2.21. The van der Waals surface area contributed by atoms with Crippen LogP contribution in [-0.2, 0) is 0 Å². The molecule has 0 bridgehead atoms. The minimum atomic E-state index is -0.440.